The molecule has 0 radical (unpaired) electrons. The molecule has 1 amide bonds. The lowest BCUT2D eigenvalue weighted by atomic mass is 9.81. The zero-order valence-corrected chi connectivity index (χ0v) is 12.5. The first-order chi connectivity index (χ1) is 11.0. The molecule has 2 atom stereocenters. The van der Waals surface area contributed by atoms with E-state index in [1.165, 1.54) is 6.07 Å². The SMILES string of the molecule is O=C(O)[C@@H]1CCC[C@H](C(=O)Nc2cccc3[nH]c(=O)ccc23)C1. The summed E-state index contributed by atoms with van der Waals surface area (Å²) in [5.41, 5.74) is 1.08. The predicted molar refractivity (Wildman–Crippen MR) is 86.3 cm³/mol. The maximum Gasteiger partial charge on any atom is 0.306 e. The molecule has 1 fully saturated rings. The molecule has 1 aliphatic rings. The molecule has 1 aromatic heterocycles. The van der Waals surface area contributed by atoms with Crippen molar-refractivity contribution in [2.24, 2.45) is 11.8 Å². The number of rotatable bonds is 3. The van der Waals surface area contributed by atoms with E-state index >= 15 is 0 Å². The largest absolute Gasteiger partial charge is 0.481 e. The third kappa shape index (κ3) is 3.26. The van der Waals surface area contributed by atoms with Crippen LogP contribution in [-0.2, 0) is 9.59 Å². The van der Waals surface area contributed by atoms with Crippen LogP contribution in [0.15, 0.2) is 35.1 Å². The number of amides is 1. The molecule has 23 heavy (non-hydrogen) atoms. The van der Waals surface area contributed by atoms with Crippen LogP contribution in [0.2, 0.25) is 0 Å². The number of anilines is 1. The number of nitrogens with one attached hydrogen (secondary N) is 2. The van der Waals surface area contributed by atoms with E-state index in [0.29, 0.717) is 30.5 Å². The van der Waals surface area contributed by atoms with E-state index in [4.69, 9.17) is 5.11 Å². The fourth-order valence-corrected chi connectivity index (χ4v) is 3.18. The Morgan fingerprint density at radius 3 is 2.70 bits per heavy atom. The maximum absolute atomic E-state index is 12.5. The minimum Gasteiger partial charge on any atom is -0.481 e. The van der Waals surface area contributed by atoms with Gasteiger partial charge in [0.25, 0.3) is 0 Å². The van der Waals surface area contributed by atoms with Crippen LogP contribution in [0.4, 0.5) is 5.69 Å². The standard InChI is InChI=1S/C17H18N2O4/c20-15-8-7-12-13(18-15)5-2-6-14(12)19-16(21)10-3-1-4-11(9-10)17(22)23/h2,5-8,10-11H,1,3-4,9H2,(H,18,20)(H,19,21)(H,22,23)/t10-,11+/m0/s1. The molecule has 0 bridgehead atoms. The number of hydrogen-bond acceptors (Lipinski definition) is 3. The van der Waals surface area contributed by atoms with Crippen LogP contribution in [-0.4, -0.2) is 22.0 Å². The topological polar surface area (TPSA) is 99.3 Å². The van der Waals surface area contributed by atoms with Gasteiger partial charge in [0.15, 0.2) is 0 Å². The number of carbonyl (C=O) groups is 2. The smallest absolute Gasteiger partial charge is 0.306 e. The number of pyridine rings is 1. The van der Waals surface area contributed by atoms with Crippen molar-refractivity contribution in [1.82, 2.24) is 4.98 Å². The Bertz CT molecular complexity index is 812. The van der Waals surface area contributed by atoms with Crippen molar-refractivity contribution in [1.29, 1.82) is 0 Å². The van der Waals surface area contributed by atoms with Gasteiger partial charge < -0.3 is 15.4 Å². The number of fused-ring (bicyclic) bond motifs is 1. The number of H-pyrrole nitrogens is 1. The molecule has 1 aliphatic carbocycles. The number of carbonyl (C=O) groups excluding carboxylic acids is 1. The summed E-state index contributed by atoms with van der Waals surface area (Å²) in [6.45, 7) is 0. The van der Waals surface area contributed by atoms with Crippen LogP contribution >= 0.6 is 0 Å². The Morgan fingerprint density at radius 2 is 1.91 bits per heavy atom. The van der Waals surface area contributed by atoms with Crippen molar-refractivity contribution >= 4 is 28.5 Å². The molecule has 0 aliphatic heterocycles. The van der Waals surface area contributed by atoms with Gasteiger partial charge in [0.2, 0.25) is 11.5 Å². The molecule has 1 saturated carbocycles. The third-order valence-electron chi connectivity index (χ3n) is 4.42. The minimum atomic E-state index is -0.828. The van der Waals surface area contributed by atoms with Gasteiger partial charge in [-0.3, -0.25) is 14.4 Å². The molecule has 1 heterocycles. The number of aliphatic carboxylic acids is 1. The highest BCUT2D eigenvalue weighted by Crippen LogP contribution is 2.31. The van der Waals surface area contributed by atoms with Gasteiger partial charge in [-0.1, -0.05) is 12.5 Å². The highest BCUT2D eigenvalue weighted by molar-refractivity contribution is 6.01. The zero-order valence-electron chi connectivity index (χ0n) is 12.5. The van der Waals surface area contributed by atoms with E-state index < -0.39 is 11.9 Å². The predicted octanol–water partition coefficient (Wildman–Crippen LogP) is 2.36. The molecule has 3 N–H and O–H groups in total. The van der Waals surface area contributed by atoms with Gasteiger partial charge in [-0.05, 0) is 37.5 Å². The monoisotopic (exact) mass is 314 g/mol. The van der Waals surface area contributed by atoms with Crippen molar-refractivity contribution in [3.8, 4) is 0 Å². The Kier molecular flexibility index (Phi) is 4.14. The number of aromatic amines is 1. The highest BCUT2D eigenvalue weighted by atomic mass is 16.4. The molecule has 2 aromatic rings. The van der Waals surface area contributed by atoms with E-state index in [2.05, 4.69) is 10.3 Å². The van der Waals surface area contributed by atoms with Gasteiger partial charge in [0.1, 0.15) is 0 Å². The fraction of sp³-hybridized carbons (Fsp3) is 0.353. The molecule has 1 aromatic carbocycles. The number of carboxylic acid groups (broad SMARTS) is 1. The van der Waals surface area contributed by atoms with Crippen LogP contribution in [0.5, 0.6) is 0 Å². The third-order valence-corrected chi connectivity index (χ3v) is 4.42. The Hall–Kier alpha value is -2.63. The first kappa shape index (κ1) is 15.3. The zero-order chi connectivity index (χ0) is 16.4. The first-order valence-electron chi connectivity index (χ1n) is 7.70. The molecular formula is C17H18N2O4. The summed E-state index contributed by atoms with van der Waals surface area (Å²) in [7, 11) is 0. The van der Waals surface area contributed by atoms with Crippen LogP contribution in [0.3, 0.4) is 0 Å². The van der Waals surface area contributed by atoms with E-state index in [1.807, 2.05) is 0 Å². The maximum atomic E-state index is 12.5. The Morgan fingerprint density at radius 1 is 1.13 bits per heavy atom. The van der Waals surface area contributed by atoms with Crippen molar-refractivity contribution in [2.75, 3.05) is 5.32 Å². The lowest BCUT2D eigenvalue weighted by Crippen LogP contribution is -2.31. The summed E-state index contributed by atoms with van der Waals surface area (Å²) in [4.78, 5) is 37.7. The second-order valence-electron chi connectivity index (χ2n) is 5.98. The van der Waals surface area contributed by atoms with Crippen LogP contribution < -0.4 is 10.9 Å². The molecule has 0 unspecified atom stereocenters. The number of aromatic nitrogens is 1. The Labute approximate surface area is 132 Å². The van der Waals surface area contributed by atoms with E-state index in [9.17, 15) is 14.4 Å². The summed E-state index contributed by atoms with van der Waals surface area (Å²) in [5, 5.41) is 12.8. The first-order valence-corrected chi connectivity index (χ1v) is 7.70. The van der Waals surface area contributed by atoms with Crippen LogP contribution in [0.1, 0.15) is 25.7 Å². The van der Waals surface area contributed by atoms with Gasteiger partial charge in [-0.25, -0.2) is 0 Å². The minimum absolute atomic E-state index is 0.158. The van der Waals surface area contributed by atoms with Crippen molar-refractivity contribution in [2.45, 2.75) is 25.7 Å². The normalized spacial score (nSPS) is 21.0. The average molecular weight is 314 g/mol. The van der Waals surface area contributed by atoms with Gasteiger partial charge in [0, 0.05) is 17.4 Å². The fourth-order valence-electron chi connectivity index (χ4n) is 3.18. The quantitative estimate of drug-likeness (QED) is 0.809. The van der Waals surface area contributed by atoms with Gasteiger partial charge in [-0.2, -0.15) is 0 Å². The highest BCUT2D eigenvalue weighted by Gasteiger charge is 2.31. The van der Waals surface area contributed by atoms with Crippen molar-refractivity contribution < 1.29 is 14.7 Å². The summed E-state index contributed by atoms with van der Waals surface area (Å²) in [6, 6.07) is 8.39. The van der Waals surface area contributed by atoms with Gasteiger partial charge in [0.05, 0.1) is 17.1 Å². The molecule has 6 nitrogen and oxygen atoms in total. The molecule has 6 heteroatoms. The summed E-state index contributed by atoms with van der Waals surface area (Å²) < 4.78 is 0. The molecule has 0 spiro atoms. The molecule has 120 valence electrons. The van der Waals surface area contributed by atoms with Crippen molar-refractivity contribution in [3.63, 3.8) is 0 Å². The van der Waals surface area contributed by atoms with Crippen LogP contribution in [0, 0.1) is 11.8 Å². The summed E-state index contributed by atoms with van der Waals surface area (Å²) in [5.74, 6) is -1.72. The number of carboxylic acids is 1. The summed E-state index contributed by atoms with van der Waals surface area (Å²) >= 11 is 0. The van der Waals surface area contributed by atoms with Crippen molar-refractivity contribution in [3.05, 3.63) is 40.7 Å². The average Bonchev–Trinajstić information content (AvgIpc) is 2.54. The van der Waals surface area contributed by atoms with E-state index in [0.717, 1.165) is 11.8 Å². The van der Waals surface area contributed by atoms with E-state index in [1.54, 1.807) is 24.3 Å². The second-order valence-corrected chi connectivity index (χ2v) is 5.98. The summed E-state index contributed by atoms with van der Waals surface area (Å²) in [6.07, 6.45) is 2.46. The Balaban J connectivity index is 1.80. The number of benzene rings is 1. The molecule has 0 saturated heterocycles. The van der Waals surface area contributed by atoms with E-state index in [-0.39, 0.29) is 17.4 Å². The second kappa shape index (κ2) is 6.24. The van der Waals surface area contributed by atoms with Gasteiger partial charge >= 0.3 is 5.97 Å². The lowest BCUT2D eigenvalue weighted by molar-refractivity contribution is -0.143. The molecule has 3 rings (SSSR count). The molecular weight excluding hydrogens is 296 g/mol. The van der Waals surface area contributed by atoms with Crippen LogP contribution in [0.25, 0.3) is 10.9 Å². The van der Waals surface area contributed by atoms with Gasteiger partial charge in [-0.15, -0.1) is 0 Å². The number of hydrogen-bond donors (Lipinski definition) is 3. The lowest BCUT2D eigenvalue weighted by Gasteiger charge is -2.25.